The summed E-state index contributed by atoms with van der Waals surface area (Å²) in [4.78, 5) is 77.8. The zero-order valence-corrected chi connectivity index (χ0v) is 43.3. The van der Waals surface area contributed by atoms with Crippen molar-refractivity contribution >= 4 is 39.2 Å². The number of phosphoric ester groups is 2. The van der Waals surface area contributed by atoms with Gasteiger partial charge in [0, 0.05) is 50.1 Å². The van der Waals surface area contributed by atoms with Crippen LogP contribution in [0.2, 0.25) is 0 Å². The summed E-state index contributed by atoms with van der Waals surface area (Å²) in [5.41, 5.74) is 4.66. The number of nitrogens with two attached hydrogens (primary N) is 1. The van der Waals surface area contributed by atoms with Gasteiger partial charge in [-0.2, -0.15) is 9.29 Å². The Hall–Kier alpha value is -2.95. The minimum Gasteiger partial charge on any atom is -0.462 e. The third kappa shape index (κ3) is 23.9. The van der Waals surface area contributed by atoms with Gasteiger partial charge in [0.2, 0.25) is 0 Å². The number of anilines is 1. The first-order valence-corrected chi connectivity index (χ1v) is 28.3. The van der Waals surface area contributed by atoms with Crippen molar-refractivity contribution in [3.8, 4) is 0 Å². The molecule has 0 amide bonds. The number of esters is 2. The molecular formula is C47H81N3O19P2. The molecule has 2 aliphatic rings. The van der Waals surface area contributed by atoms with Crippen LogP contribution in [0.25, 0.3) is 0 Å². The quantitative estimate of drug-likeness (QED) is 0.0347. The third-order valence-corrected chi connectivity index (χ3v) is 15.4. The van der Waals surface area contributed by atoms with Crippen molar-refractivity contribution in [3.63, 3.8) is 0 Å². The molecular weight excluding hydrogens is 972 g/mol. The molecule has 3 unspecified atom stereocenters. The topological polar surface area (TPSA) is 343 Å². The Labute approximate surface area is 416 Å². The van der Waals surface area contributed by atoms with Crippen LogP contribution in [0.3, 0.4) is 0 Å². The lowest BCUT2D eigenvalue weighted by Crippen LogP contribution is -2.52. The molecule has 24 heteroatoms. The number of ketones is 1. The number of fused-ring (bicyclic) bond motifs is 3. The number of ether oxygens (including phenoxy) is 3. The number of carbonyl (C=O) groups excluding carboxylic acids is 3. The summed E-state index contributed by atoms with van der Waals surface area (Å²) >= 11 is 0. The minimum atomic E-state index is -5.76. The molecule has 0 saturated carbocycles. The highest BCUT2D eigenvalue weighted by atomic mass is 31.3. The molecule has 1 aromatic heterocycles. The van der Waals surface area contributed by atoms with E-state index >= 15 is 0 Å². The van der Waals surface area contributed by atoms with Crippen molar-refractivity contribution in [2.45, 2.75) is 205 Å². The summed E-state index contributed by atoms with van der Waals surface area (Å²) in [6.07, 6.45) is 1.12. The lowest BCUT2D eigenvalue weighted by Gasteiger charge is -2.40. The SMILES string of the molecule is CCCCC[C@H](O)/C=C/[C@@H]1[C@H](O)[C@H](O)[C@H]2COP(=O)(O)OP(=O)(O)OC[C@H](OC(=O)CCCCCCCCCCC(C)CC)COC(=O)CCCCC(=O)C[C@H]([C@H](n3ccc(N)nc3=O)O2)[C@@H](O)C[C@H]1O. The van der Waals surface area contributed by atoms with E-state index in [0.717, 1.165) is 61.6 Å². The summed E-state index contributed by atoms with van der Waals surface area (Å²) in [7, 11) is -11.4. The number of hydrogen-bond acceptors (Lipinski definition) is 19. The lowest BCUT2D eigenvalue weighted by molar-refractivity contribution is -0.196. The first-order valence-electron chi connectivity index (χ1n) is 25.3. The summed E-state index contributed by atoms with van der Waals surface area (Å²) in [5, 5.41) is 57.4. The maximum atomic E-state index is 13.7. The van der Waals surface area contributed by atoms with Crippen molar-refractivity contribution in [2.75, 3.05) is 25.6 Å². The highest BCUT2D eigenvalue weighted by molar-refractivity contribution is 7.61. The van der Waals surface area contributed by atoms with Gasteiger partial charge in [0.25, 0.3) is 0 Å². The Morgan fingerprint density at radius 3 is 2.17 bits per heavy atom. The number of Topliss-reactive ketones (excluding diaryl/α,β-unsaturated/α-hetero) is 1. The molecule has 2 aliphatic heterocycles. The Balaban J connectivity index is 1.89. The molecule has 408 valence electrons. The molecule has 2 saturated heterocycles. The van der Waals surface area contributed by atoms with Crippen molar-refractivity contribution < 1.29 is 86.4 Å². The lowest BCUT2D eigenvalue weighted by atomic mass is 9.82. The smallest absolute Gasteiger partial charge is 0.462 e. The van der Waals surface area contributed by atoms with Crippen LogP contribution < -0.4 is 11.4 Å². The van der Waals surface area contributed by atoms with Crippen LogP contribution in [0.1, 0.15) is 162 Å². The molecule has 9 N–H and O–H groups in total. The number of carbonyl (C=O) groups is 3. The van der Waals surface area contributed by atoms with Gasteiger partial charge in [-0.15, -0.1) is 0 Å². The van der Waals surface area contributed by atoms with Gasteiger partial charge in [0.05, 0.1) is 37.6 Å². The standard InChI is InChI=1S/C47H81N3O19P2/c1-4-6-13-19-33(51)23-24-36-38(53)28-39(54)37-27-34(52)20-16-17-21-42(55)64-29-35(67-43(56)22-15-12-10-8-7-9-11-14-18-32(3)5-2)30-65-70(60,61)69-71(62,63)66-31-40(45(58)44(36)57)68-46(37)50-26-25-41(48)49-47(50)59/h23-26,32-33,35-40,44-46,51,53-54,57-58H,4-22,27-31H2,1-3H3,(H,60,61)(H,62,63)(H2,48,49,59)/b24-23+/t32?,33-,35+,36-,37-,38+,39-,40+,44-,45+,46+/m0/s1. The average Bonchev–Trinajstić information content (AvgIpc) is 3.30. The number of aliphatic hydroxyl groups is 5. The first-order chi connectivity index (χ1) is 33.6. The van der Waals surface area contributed by atoms with E-state index in [0.29, 0.717) is 19.3 Å². The number of nitrogens with zero attached hydrogens (tertiary/aromatic N) is 2. The van der Waals surface area contributed by atoms with Gasteiger partial charge in [-0.05, 0) is 37.7 Å². The minimum absolute atomic E-state index is 0.0245. The normalized spacial score (nSPS) is 31.3. The van der Waals surface area contributed by atoms with Gasteiger partial charge in [0.15, 0.2) is 6.10 Å². The predicted octanol–water partition coefficient (Wildman–Crippen LogP) is 5.47. The first kappa shape index (κ1) is 62.3. The fourth-order valence-corrected chi connectivity index (χ4v) is 10.5. The number of nitrogen functional groups attached to an aromatic ring is 1. The zero-order chi connectivity index (χ0) is 52.6. The van der Waals surface area contributed by atoms with E-state index < -0.39 is 133 Å². The van der Waals surface area contributed by atoms with Gasteiger partial charge < -0.3 is 55.3 Å². The maximum absolute atomic E-state index is 13.7. The molecule has 1 aromatic rings. The van der Waals surface area contributed by atoms with Crippen molar-refractivity contribution in [3.05, 3.63) is 34.9 Å². The van der Waals surface area contributed by atoms with Crippen molar-refractivity contribution in [1.82, 2.24) is 9.55 Å². The predicted molar refractivity (Wildman–Crippen MR) is 259 cm³/mol. The summed E-state index contributed by atoms with van der Waals surface area (Å²) < 4.78 is 58.7. The van der Waals surface area contributed by atoms with E-state index in [2.05, 4.69) is 23.1 Å². The number of phosphoric acid groups is 2. The highest BCUT2D eigenvalue weighted by Crippen LogP contribution is 2.60. The van der Waals surface area contributed by atoms with E-state index in [1.807, 2.05) is 6.92 Å². The Kier molecular flexibility index (Phi) is 28.4. The van der Waals surface area contributed by atoms with Crippen molar-refractivity contribution in [1.29, 1.82) is 0 Å². The monoisotopic (exact) mass is 1050 g/mol. The van der Waals surface area contributed by atoms with E-state index in [9.17, 15) is 63.6 Å². The van der Waals surface area contributed by atoms with E-state index in [-0.39, 0.29) is 37.9 Å². The van der Waals surface area contributed by atoms with Crippen LogP contribution >= 0.6 is 15.6 Å². The van der Waals surface area contributed by atoms with Crippen LogP contribution in [-0.2, 0) is 51.1 Å². The van der Waals surface area contributed by atoms with Crippen LogP contribution in [0.5, 0.6) is 0 Å². The number of cyclic esters (lactones) is 1. The fraction of sp³-hybridized carbons (Fsp3) is 0.809. The fourth-order valence-electron chi connectivity index (χ4n) is 8.39. The molecule has 0 radical (unpaired) electrons. The number of unbranched alkanes of at least 4 members (excludes halogenated alkanes) is 9. The van der Waals surface area contributed by atoms with Gasteiger partial charge in [-0.3, -0.25) is 28.0 Å². The van der Waals surface area contributed by atoms with E-state index in [4.69, 9.17) is 29.0 Å². The van der Waals surface area contributed by atoms with Crippen LogP contribution in [0.15, 0.2) is 29.2 Å². The number of rotatable bonds is 20. The second kappa shape index (κ2) is 32.4. The summed E-state index contributed by atoms with van der Waals surface area (Å²) in [6, 6.07) is 1.18. The van der Waals surface area contributed by atoms with Crippen LogP contribution in [0, 0.1) is 17.8 Å². The van der Waals surface area contributed by atoms with Crippen molar-refractivity contribution in [2.24, 2.45) is 17.8 Å². The van der Waals surface area contributed by atoms with Crippen LogP contribution in [0.4, 0.5) is 5.82 Å². The number of aromatic nitrogens is 2. The third-order valence-electron chi connectivity index (χ3n) is 12.8. The molecule has 13 atom stereocenters. The van der Waals surface area contributed by atoms with E-state index in [1.165, 1.54) is 43.9 Å². The average molecular weight is 1050 g/mol. The molecule has 2 bridgehead atoms. The molecule has 0 aliphatic carbocycles. The Morgan fingerprint density at radius 2 is 1.51 bits per heavy atom. The second-order valence-corrected chi connectivity index (χ2v) is 21.9. The Morgan fingerprint density at radius 1 is 0.873 bits per heavy atom. The maximum Gasteiger partial charge on any atom is 0.481 e. The summed E-state index contributed by atoms with van der Waals surface area (Å²) in [5.74, 6) is -4.45. The molecule has 2 fully saturated rings. The second-order valence-electron chi connectivity index (χ2n) is 18.9. The molecule has 71 heavy (non-hydrogen) atoms. The number of hydrogen-bond donors (Lipinski definition) is 8. The van der Waals surface area contributed by atoms with Gasteiger partial charge in [-0.25, -0.2) is 13.9 Å². The summed E-state index contributed by atoms with van der Waals surface area (Å²) in [6.45, 7) is 3.55. The highest BCUT2D eigenvalue weighted by Gasteiger charge is 2.45. The molecule has 0 aromatic carbocycles. The molecule has 3 rings (SSSR count). The van der Waals surface area contributed by atoms with Crippen LogP contribution in [-0.4, -0.2) is 125 Å². The van der Waals surface area contributed by atoms with Gasteiger partial charge in [-0.1, -0.05) is 110 Å². The van der Waals surface area contributed by atoms with Gasteiger partial charge in [0.1, 0.15) is 36.6 Å². The molecule has 22 nitrogen and oxygen atoms in total. The largest absolute Gasteiger partial charge is 0.481 e. The van der Waals surface area contributed by atoms with E-state index in [1.54, 1.807) is 0 Å². The molecule has 0 spiro atoms. The van der Waals surface area contributed by atoms with Gasteiger partial charge >= 0.3 is 33.3 Å². The zero-order valence-electron chi connectivity index (χ0n) is 41.5. The Bertz CT molecular complexity index is 1940. The molecule has 3 heterocycles. The number of aliphatic hydroxyl groups excluding tert-OH is 5.